The zero-order valence-electron chi connectivity index (χ0n) is 15.7. The van der Waals surface area contributed by atoms with Crippen LogP contribution in [-0.2, 0) is 11.2 Å². The van der Waals surface area contributed by atoms with Gasteiger partial charge in [0.2, 0.25) is 0 Å². The maximum atomic E-state index is 13.2. The SMILES string of the molecule is CCc1c(C(=O)N2CCOC(c3ccccc3)C2)cnn1-c1ccc(F)cc1. The van der Waals surface area contributed by atoms with Gasteiger partial charge in [-0.15, -0.1) is 0 Å². The number of rotatable bonds is 4. The monoisotopic (exact) mass is 379 g/mol. The molecule has 1 saturated heterocycles. The maximum absolute atomic E-state index is 13.2. The molecule has 2 heterocycles. The minimum Gasteiger partial charge on any atom is -0.370 e. The molecule has 0 saturated carbocycles. The number of hydrogen-bond acceptors (Lipinski definition) is 3. The summed E-state index contributed by atoms with van der Waals surface area (Å²) in [6, 6.07) is 16.1. The van der Waals surface area contributed by atoms with Crippen LogP contribution in [0.5, 0.6) is 0 Å². The quantitative estimate of drug-likeness (QED) is 0.693. The van der Waals surface area contributed by atoms with Gasteiger partial charge in [-0.3, -0.25) is 4.79 Å². The first-order valence-electron chi connectivity index (χ1n) is 9.46. The molecule has 1 fully saturated rings. The van der Waals surface area contributed by atoms with Crippen molar-refractivity contribution in [3.8, 4) is 5.69 Å². The van der Waals surface area contributed by atoms with E-state index in [1.165, 1.54) is 12.1 Å². The zero-order valence-corrected chi connectivity index (χ0v) is 15.7. The standard InChI is InChI=1S/C22H22FN3O2/c1-2-20-19(14-24-26(20)18-10-8-17(23)9-11-18)22(27)25-12-13-28-21(15-25)16-6-4-3-5-7-16/h3-11,14,21H,2,12-13,15H2,1H3. The number of aromatic nitrogens is 2. The fourth-order valence-corrected chi connectivity index (χ4v) is 3.57. The summed E-state index contributed by atoms with van der Waals surface area (Å²) < 4.78 is 20.8. The molecule has 1 amide bonds. The lowest BCUT2D eigenvalue weighted by Gasteiger charge is -2.33. The molecule has 1 aliphatic heterocycles. The van der Waals surface area contributed by atoms with Crippen LogP contribution < -0.4 is 0 Å². The Morgan fingerprint density at radius 1 is 1.18 bits per heavy atom. The minimum atomic E-state index is -0.300. The molecule has 0 bridgehead atoms. The van der Waals surface area contributed by atoms with Crippen molar-refractivity contribution in [1.29, 1.82) is 0 Å². The van der Waals surface area contributed by atoms with E-state index in [0.29, 0.717) is 31.7 Å². The summed E-state index contributed by atoms with van der Waals surface area (Å²) >= 11 is 0. The van der Waals surface area contributed by atoms with E-state index >= 15 is 0 Å². The molecule has 0 spiro atoms. The van der Waals surface area contributed by atoms with Crippen molar-refractivity contribution in [2.75, 3.05) is 19.7 Å². The number of ether oxygens (including phenoxy) is 1. The smallest absolute Gasteiger partial charge is 0.257 e. The van der Waals surface area contributed by atoms with Crippen molar-refractivity contribution in [3.63, 3.8) is 0 Å². The zero-order chi connectivity index (χ0) is 19.5. The van der Waals surface area contributed by atoms with Gasteiger partial charge in [0.15, 0.2) is 0 Å². The third kappa shape index (κ3) is 3.55. The highest BCUT2D eigenvalue weighted by Gasteiger charge is 2.28. The minimum absolute atomic E-state index is 0.0468. The predicted molar refractivity (Wildman–Crippen MR) is 104 cm³/mol. The van der Waals surface area contributed by atoms with E-state index in [2.05, 4.69) is 5.10 Å². The second-order valence-corrected chi connectivity index (χ2v) is 6.77. The van der Waals surface area contributed by atoms with Crippen LogP contribution in [0.1, 0.15) is 34.6 Å². The van der Waals surface area contributed by atoms with Crippen molar-refractivity contribution < 1.29 is 13.9 Å². The first-order chi connectivity index (χ1) is 13.7. The molecule has 6 heteroatoms. The Balaban J connectivity index is 1.58. The van der Waals surface area contributed by atoms with E-state index < -0.39 is 0 Å². The average Bonchev–Trinajstić information content (AvgIpc) is 3.18. The number of carbonyl (C=O) groups is 1. The second kappa shape index (κ2) is 7.94. The highest BCUT2D eigenvalue weighted by atomic mass is 19.1. The van der Waals surface area contributed by atoms with Crippen molar-refractivity contribution in [2.24, 2.45) is 0 Å². The third-order valence-electron chi connectivity index (χ3n) is 5.03. The molecule has 5 nitrogen and oxygen atoms in total. The van der Waals surface area contributed by atoms with E-state index in [-0.39, 0.29) is 17.8 Å². The van der Waals surface area contributed by atoms with Crippen LogP contribution in [-0.4, -0.2) is 40.3 Å². The molecule has 4 rings (SSSR count). The van der Waals surface area contributed by atoms with Gasteiger partial charge in [-0.25, -0.2) is 9.07 Å². The molecule has 28 heavy (non-hydrogen) atoms. The number of halogens is 1. The van der Waals surface area contributed by atoms with Crippen LogP contribution in [0.25, 0.3) is 5.69 Å². The fraction of sp³-hybridized carbons (Fsp3) is 0.273. The molecule has 0 N–H and O–H groups in total. The molecule has 0 radical (unpaired) electrons. The van der Waals surface area contributed by atoms with Gasteiger partial charge in [-0.05, 0) is 36.2 Å². The van der Waals surface area contributed by atoms with Gasteiger partial charge >= 0.3 is 0 Å². The van der Waals surface area contributed by atoms with Gasteiger partial charge in [0, 0.05) is 6.54 Å². The molecule has 1 atom stereocenters. The normalized spacial score (nSPS) is 16.9. The van der Waals surface area contributed by atoms with Crippen LogP contribution in [0, 0.1) is 5.82 Å². The largest absolute Gasteiger partial charge is 0.370 e. The summed E-state index contributed by atoms with van der Waals surface area (Å²) in [5.41, 5.74) is 3.21. The van der Waals surface area contributed by atoms with Gasteiger partial charge in [-0.2, -0.15) is 5.10 Å². The summed E-state index contributed by atoms with van der Waals surface area (Å²) in [6.45, 7) is 3.54. The Morgan fingerprint density at radius 2 is 1.93 bits per heavy atom. The predicted octanol–water partition coefficient (Wildman–Crippen LogP) is 3.79. The first kappa shape index (κ1) is 18.4. The van der Waals surface area contributed by atoms with Crippen LogP contribution in [0.3, 0.4) is 0 Å². The molecular formula is C22H22FN3O2. The summed E-state index contributed by atoms with van der Waals surface area (Å²) in [5, 5.41) is 4.40. The first-order valence-corrected chi connectivity index (χ1v) is 9.46. The number of hydrogen-bond donors (Lipinski definition) is 0. The number of nitrogens with zero attached hydrogens (tertiary/aromatic N) is 3. The summed E-state index contributed by atoms with van der Waals surface area (Å²) in [4.78, 5) is 15.0. The van der Waals surface area contributed by atoms with Gasteiger partial charge in [0.1, 0.15) is 11.9 Å². The van der Waals surface area contributed by atoms with Crippen LogP contribution in [0.15, 0.2) is 60.8 Å². The Labute approximate surface area is 163 Å². The molecule has 144 valence electrons. The lowest BCUT2D eigenvalue weighted by atomic mass is 10.1. The van der Waals surface area contributed by atoms with Gasteiger partial charge in [0.25, 0.3) is 5.91 Å². The molecular weight excluding hydrogens is 357 g/mol. The molecule has 1 aromatic heterocycles. The average molecular weight is 379 g/mol. The Morgan fingerprint density at radius 3 is 2.64 bits per heavy atom. The van der Waals surface area contributed by atoms with E-state index in [0.717, 1.165) is 16.9 Å². The summed E-state index contributed by atoms with van der Waals surface area (Å²) in [5.74, 6) is -0.347. The van der Waals surface area contributed by atoms with E-state index in [1.807, 2.05) is 42.2 Å². The van der Waals surface area contributed by atoms with Crippen LogP contribution >= 0.6 is 0 Å². The third-order valence-corrected chi connectivity index (χ3v) is 5.03. The molecule has 1 aliphatic rings. The Bertz CT molecular complexity index is 954. The number of carbonyl (C=O) groups excluding carboxylic acids is 1. The number of benzene rings is 2. The van der Waals surface area contributed by atoms with Crippen molar-refractivity contribution >= 4 is 5.91 Å². The second-order valence-electron chi connectivity index (χ2n) is 6.77. The van der Waals surface area contributed by atoms with Gasteiger partial charge in [0.05, 0.1) is 36.3 Å². The Hall–Kier alpha value is -2.99. The van der Waals surface area contributed by atoms with E-state index in [4.69, 9.17) is 4.74 Å². The van der Waals surface area contributed by atoms with E-state index in [9.17, 15) is 9.18 Å². The van der Waals surface area contributed by atoms with Crippen LogP contribution in [0.2, 0.25) is 0 Å². The highest BCUT2D eigenvalue weighted by Crippen LogP contribution is 2.24. The molecule has 2 aromatic carbocycles. The van der Waals surface area contributed by atoms with E-state index in [1.54, 1.807) is 23.0 Å². The van der Waals surface area contributed by atoms with Crippen molar-refractivity contribution in [2.45, 2.75) is 19.4 Å². The summed E-state index contributed by atoms with van der Waals surface area (Å²) in [7, 11) is 0. The van der Waals surface area contributed by atoms with Crippen molar-refractivity contribution in [3.05, 3.63) is 83.4 Å². The molecule has 0 aliphatic carbocycles. The lowest BCUT2D eigenvalue weighted by molar-refractivity contribution is -0.0228. The summed E-state index contributed by atoms with van der Waals surface area (Å²) in [6.07, 6.45) is 2.12. The lowest BCUT2D eigenvalue weighted by Crippen LogP contribution is -2.42. The van der Waals surface area contributed by atoms with Crippen molar-refractivity contribution in [1.82, 2.24) is 14.7 Å². The highest BCUT2D eigenvalue weighted by molar-refractivity contribution is 5.95. The Kier molecular flexibility index (Phi) is 5.21. The molecule has 1 unspecified atom stereocenters. The number of morpholine rings is 1. The van der Waals surface area contributed by atoms with Crippen LogP contribution in [0.4, 0.5) is 4.39 Å². The number of amides is 1. The fourth-order valence-electron chi connectivity index (χ4n) is 3.57. The topological polar surface area (TPSA) is 47.4 Å². The van der Waals surface area contributed by atoms with Gasteiger partial charge < -0.3 is 9.64 Å². The molecule has 3 aromatic rings. The maximum Gasteiger partial charge on any atom is 0.257 e. The van der Waals surface area contributed by atoms with Gasteiger partial charge in [-0.1, -0.05) is 37.3 Å².